The van der Waals surface area contributed by atoms with Crippen LogP contribution in [-0.4, -0.2) is 6.04 Å². The van der Waals surface area contributed by atoms with Crippen LogP contribution in [0.15, 0.2) is 16.6 Å². The first kappa shape index (κ1) is 11.1. The van der Waals surface area contributed by atoms with Crippen molar-refractivity contribution in [3.8, 4) is 6.07 Å². The smallest absolute Gasteiger partial charge is 0.130 e. The Labute approximate surface area is 88.5 Å². The molecule has 1 aromatic carbocycles. The molecule has 0 radical (unpaired) electrons. The van der Waals surface area contributed by atoms with Gasteiger partial charge >= 0.3 is 0 Å². The van der Waals surface area contributed by atoms with Crippen molar-refractivity contribution in [1.82, 2.24) is 0 Å². The summed E-state index contributed by atoms with van der Waals surface area (Å²) in [4.78, 5) is 0. The summed E-state index contributed by atoms with van der Waals surface area (Å²) in [6.07, 6.45) is -0.124. The summed E-state index contributed by atoms with van der Waals surface area (Å²) < 4.78 is 26.7. The fourth-order valence-corrected chi connectivity index (χ4v) is 1.43. The predicted molar refractivity (Wildman–Crippen MR) is 51.4 cm³/mol. The van der Waals surface area contributed by atoms with E-state index >= 15 is 0 Å². The summed E-state index contributed by atoms with van der Waals surface area (Å²) in [7, 11) is 0. The van der Waals surface area contributed by atoms with Crippen molar-refractivity contribution in [2.45, 2.75) is 12.5 Å². The number of benzene rings is 1. The monoisotopic (exact) mass is 260 g/mol. The van der Waals surface area contributed by atoms with Crippen LogP contribution in [0.2, 0.25) is 0 Å². The maximum absolute atomic E-state index is 13.2. The van der Waals surface area contributed by atoms with Gasteiger partial charge in [-0.05, 0) is 12.1 Å². The van der Waals surface area contributed by atoms with Gasteiger partial charge in [-0.3, -0.25) is 0 Å². The number of nitrogens with two attached hydrogens (primary N) is 1. The molecule has 1 aromatic rings. The molecule has 0 aliphatic carbocycles. The molecule has 0 spiro atoms. The summed E-state index contributed by atoms with van der Waals surface area (Å²) in [5, 5.41) is 8.40. The number of halogens is 3. The summed E-state index contributed by atoms with van der Waals surface area (Å²) in [5.41, 5.74) is 5.12. The van der Waals surface area contributed by atoms with Crippen LogP contribution < -0.4 is 5.73 Å². The minimum absolute atomic E-state index is 0.124. The van der Waals surface area contributed by atoms with Crippen LogP contribution >= 0.6 is 15.9 Å². The third-order valence-electron chi connectivity index (χ3n) is 1.70. The molecule has 14 heavy (non-hydrogen) atoms. The van der Waals surface area contributed by atoms with Gasteiger partial charge in [0.1, 0.15) is 11.6 Å². The highest BCUT2D eigenvalue weighted by atomic mass is 79.9. The zero-order chi connectivity index (χ0) is 10.7. The number of nitriles is 1. The lowest BCUT2D eigenvalue weighted by molar-refractivity contribution is 0.548. The van der Waals surface area contributed by atoms with Gasteiger partial charge in [0.15, 0.2) is 0 Å². The summed E-state index contributed by atoms with van der Waals surface area (Å²) in [6, 6.07) is 3.11. The van der Waals surface area contributed by atoms with Crippen LogP contribution in [0.25, 0.3) is 0 Å². The van der Waals surface area contributed by atoms with Crippen molar-refractivity contribution < 1.29 is 8.78 Å². The van der Waals surface area contributed by atoms with Crippen molar-refractivity contribution in [1.29, 1.82) is 5.26 Å². The van der Waals surface area contributed by atoms with Crippen LogP contribution in [0.5, 0.6) is 0 Å². The lowest BCUT2D eigenvalue weighted by Crippen LogP contribution is -2.21. The number of hydrogen-bond donors (Lipinski definition) is 1. The maximum atomic E-state index is 13.2. The highest BCUT2D eigenvalue weighted by Crippen LogP contribution is 2.20. The Morgan fingerprint density at radius 2 is 1.93 bits per heavy atom. The highest BCUT2D eigenvalue weighted by Gasteiger charge is 2.13. The van der Waals surface area contributed by atoms with E-state index in [-0.39, 0.29) is 12.0 Å². The standard InChI is InChI=1S/C9H7BrF2N2/c10-5-1-8(11)7(9(12)2-5)3-6(14)4-13/h1-2,6H,3,14H2. The molecule has 0 amide bonds. The van der Waals surface area contributed by atoms with Gasteiger partial charge in [-0.25, -0.2) is 8.78 Å². The molecule has 74 valence electrons. The van der Waals surface area contributed by atoms with Gasteiger partial charge in [0.25, 0.3) is 0 Å². The van der Waals surface area contributed by atoms with Gasteiger partial charge < -0.3 is 5.73 Å². The molecule has 0 saturated carbocycles. The van der Waals surface area contributed by atoms with Crippen LogP contribution in [0.3, 0.4) is 0 Å². The number of nitrogens with zero attached hydrogens (tertiary/aromatic N) is 1. The molecule has 2 N–H and O–H groups in total. The first-order chi connectivity index (χ1) is 6.54. The van der Waals surface area contributed by atoms with E-state index in [9.17, 15) is 8.78 Å². The second kappa shape index (κ2) is 4.49. The molecule has 0 aromatic heterocycles. The van der Waals surface area contributed by atoms with Crippen LogP contribution in [0, 0.1) is 23.0 Å². The van der Waals surface area contributed by atoms with E-state index in [4.69, 9.17) is 11.0 Å². The third-order valence-corrected chi connectivity index (χ3v) is 2.15. The molecule has 1 unspecified atom stereocenters. The van der Waals surface area contributed by atoms with Gasteiger partial charge in [-0.15, -0.1) is 0 Å². The lowest BCUT2D eigenvalue weighted by atomic mass is 10.1. The van der Waals surface area contributed by atoms with Gasteiger partial charge in [-0.2, -0.15) is 5.26 Å². The van der Waals surface area contributed by atoms with Crippen molar-refractivity contribution in [3.63, 3.8) is 0 Å². The zero-order valence-corrected chi connectivity index (χ0v) is 8.68. The zero-order valence-electron chi connectivity index (χ0n) is 7.10. The predicted octanol–water partition coefficient (Wildman–Crippen LogP) is 2.12. The van der Waals surface area contributed by atoms with Crippen molar-refractivity contribution in [2.24, 2.45) is 5.73 Å². The molecular formula is C9H7BrF2N2. The molecule has 0 fully saturated rings. The lowest BCUT2D eigenvalue weighted by Gasteiger charge is -2.06. The van der Waals surface area contributed by atoms with Crippen molar-refractivity contribution in [3.05, 3.63) is 33.8 Å². The van der Waals surface area contributed by atoms with Crippen LogP contribution in [0.1, 0.15) is 5.56 Å². The summed E-state index contributed by atoms with van der Waals surface area (Å²) >= 11 is 2.95. The summed E-state index contributed by atoms with van der Waals surface area (Å²) in [6.45, 7) is 0. The second-order valence-electron chi connectivity index (χ2n) is 2.79. The largest absolute Gasteiger partial charge is 0.316 e. The topological polar surface area (TPSA) is 49.8 Å². The fourth-order valence-electron chi connectivity index (χ4n) is 1.03. The van der Waals surface area contributed by atoms with E-state index < -0.39 is 17.7 Å². The SMILES string of the molecule is N#CC(N)Cc1c(F)cc(Br)cc1F. The maximum Gasteiger partial charge on any atom is 0.130 e. The molecule has 0 aliphatic heterocycles. The Kier molecular flexibility index (Phi) is 3.55. The van der Waals surface area contributed by atoms with Gasteiger partial charge in [0.05, 0.1) is 12.1 Å². The normalized spacial score (nSPS) is 12.2. The molecule has 0 bridgehead atoms. The minimum atomic E-state index is -0.889. The van der Waals surface area contributed by atoms with E-state index in [0.717, 1.165) is 12.1 Å². The Bertz CT molecular complexity index is 364. The van der Waals surface area contributed by atoms with E-state index in [1.54, 1.807) is 6.07 Å². The third kappa shape index (κ3) is 2.50. The van der Waals surface area contributed by atoms with E-state index in [0.29, 0.717) is 4.47 Å². The second-order valence-corrected chi connectivity index (χ2v) is 3.70. The quantitative estimate of drug-likeness (QED) is 0.886. The molecular weight excluding hydrogens is 254 g/mol. The number of hydrogen-bond acceptors (Lipinski definition) is 2. The van der Waals surface area contributed by atoms with E-state index in [2.05, 4.69) is 15.9 Å². The average molecular weight is 261 g/mol. The Morgan fingerprint density at radius 3 is 2.36 bits per heavy atom. The highest BCUT2D eigenvalue weighted by molar-refractivity contribution is 9.10. The van der Waals surface area contributed by atoms with Gasteiger partial charge in [0, 0.05) is 16.5 Å². The van der Waals surface area contributed by atoms with Crippen molar-refractivity contribution >= 4 is 15.9 Å². The van der Waals surface area contributed by atoms with E-state index in [1.807, 2.05) is 0 Å². The fraction of sp³-hybridized carbons (Fsp3) is 0.222. The van der Waals surface area contributed by atoms with Gasteiger partial charge in [-0.1, -0.05) is 15.9 Å². The Morgan fingerprint density at radius 1 is 1.43 bits per heavy atom. The number of rotatable bonds is 2. The summed E-state index contributed by atoms with van der Waals surface area (Å²) in [5.74, 6) is -1.38. The van der Waals surface area contributed by atoms with Crippen LogP contribution in [-0.2, 0) is 6.42 Å². The molecule has 1 atom stereocenters. The molecule has 0 aliphatic rings. The minimum Gasteiger partial charge on any atom is -0.316 e. The molecule has 1 rings (SSSR count). The van der Waals surface area contributed by atoms with Gasteiger partial charge in [0.2, 0.25) is 0 Å². The molecule has 0 saturated heterocycles. The van der Waals surface area contributed by atoms with Crippen molar-refractivity contribution in [2.75, 3.05) is 0 Å². The first-order valence-electron chi connectivity index (χ1n) is 3.83. The average Bonchev–Trinajstić information content (AvgIpc) is 2.10. The molecule has 5 heteroatoms. The van der Waals surface area contributed by atoms with Crippen LogP contribution in [0.4, 0.5) is 8.78 Å². The Hall–Kier alpha value is -0.990. The van der Waals surface area contributed by atoms with E-state index in [1.165, 1.54) is 0 Å². The first-order valence-corrected chi connectivity index (χ1v) is 4.62. The molecule has 0 heterocycles. The Balaban J connectivity index is 3.04. The molecule has 2 nitrogen and oxygen atoms in total.